The van der Waals surface area contributed by atoms with Crippen molar-refractivity contribution in [2.24, 2.45) is 0 Å². The molecule has 0 N–H and O–H groups in total. The highest BCUT2D eigenvalue weighted by Crippen LogP contribution is 2.33. The molecule has 1 aliphatic rings. The summed E-state index contributed by atoms with van der Waals surface area (Å²) in [5.41, 5.74) is -0.437. The van der Waals surface area contributed by atoms with Gasteiger partial charge < -0.3 is 13.9 Å². The Morgan fingerprint density at radius 2 is 2.19 bits per heavy atom. The van der Waals surface area contributed by atoms with E-state index < -0.39 is 17.2 Å². The van der Waals surface area contributed by atoms with Crippen LogP contribution < -0.4 is 0 Å². The van der Waals surface area contributed by atoms with Gasteiger partial charge in [0.1, 0.15) is 11.6 Å². The van der Waals surface area contributed by atoms with Gasteiger partial charge in [-0.05, 0) is 11.6 Å². The zero-order chi connectivity index (χ0) is 14.9. The first-order valence-electron chi connectivity index (χ1n) is 6.53. The van der Waals surface area contributed by atoms with E-state index >= 15 is 0 Å². The van der Waals surface area contributed by atoms with Gasteiger partial charge in [0, 0.05) is 19.6 Å². The second-order valence-electron chi connectivity index (χ2n) is 4.91. The maximum Gasteiger partial charge on any atom is 0.250 e. The van der Waals surface area contributed by atoms with Crippen LogP contribution in [0.5, 0.6) is 0 Å². The van der Waals surface area contributed by atoms with Gasteiger partial charge >= 0.3 is 0 Å². The fourth-order valence-corrected chi connectivity index (χ4v) is 2.30. The Labute approximate surface area is 119 Å². The molecule has 5 nitrogen and oxygen atoms in total. The Hall–Kier alpha value is -1.86. The number of aromatic nitrogens is 2. The largest absolute Gasteiger partial charge is 0.422 e. The SMILES string of the molecule is COC1(c2nnc(Cc3ccc(F)cc3F)o2)CCOC1. The first-order valence-corrected chi connectivity index (χ1v) is 6.53. The highest BCUT2D eigenvalue weighted by atomic mass is 19.1. The number of halogens is 2. The quantitative estimate of drug-likeness (QED) is 0.865. The summed E-state index contributed by atoms with van der Waals surface area (Å²) in [5, 5.41) is 7.87. The number of hydrogen-bond acceptors (Lipinski definition) is 5. The molecule has 0 spiro atoms. The molecule has 0 bridgehead atoms. The molecule has 0 amide bonds. The summed E-state index contributed by atoms with van der Waals surface area (Å²) in [7, 11) is 1.55. The third-order valence-corrected chi connectivity index (χ3v) is 3.59. The van der Waals surface area contributed by atoms with Crippen molar-refractivity contribution in [1.29, 1.82) is 0 Å². The minimum absolute atomic E-state index is 0.0970. The van der Waals surface area contributed by atoms with Gasteiger partial charge in [-0.25, -0.2) is 8.78 Å². The monoisotopic (exact) mass is 296 g/mol. The van der Waals surface area contributed by atoms with Crippen molar-refractivity contribution in [1.82, 2.24) is 10.2 Å². The third-order valence-electron chi connectivity index (χ3n) is 3.59. The molecule has 2 aromatic rings. The average Bonchev–Trinajstić information content (AvgIpc) is 3.11. The number of nitrogens with zero attached hydrogens (tertiary/aromatic N) is 2. The average molecular weight is 296 g/mol. The summed E-state index contributed by atoms with van der Waals surface area (Å²) in [4.78, 5) is 0. The lowest BCUT2D eigenvalue weighted by molar-refractivity contribution is -0.0416. The fourth-order valence-electron chi connectivity index (χ4n) is 2.30. The number of methoxy groups -OCH3 is 1. The Kier molecular flexibility index (Phi) is 3.69. The van der Waals surface area contributed by atoms with Crippen molar-refractivity contribution in [3.8, 4) is 0 Å². The van der Waals surface area contributed by atoms with Crippen LogP contribution in [-0.4, -0.2) is 30.5 Å². The molecule has 1 saturated heterocycles. The van der Waals surface area contributed by atoms with Crippen molar-refractivity contribution >= 4 is 0 Å². The highest BCUT2D eigenvalue weighted by Gasteiger charge is 2.42. The molecule has 0 aliphatic carbocycles. The lowest BCUT2D eigenvalue weighted by Crippen LogP contribution is -2.29. The van der Waals surface area contributed by atoms with Crippen LogP contribution in [0.25, 0.3) is 0 Å². The van der Waals surface area contributed by atoms with Crippen LogP contribution in [0, 0.1) is 11.6 Å². The molecule has 1 aromatic heterocycles. The van der Waals surface area contributed by atoms with Crippen LogP contribution in [0.3, 0.4) is 0 Å². The van der Waals surface area contributed by atoms with Gasteiger partial charge in [0.2, 0.25) is 5.89 Å². The molecule has 1 unspecified atom stereocenters. The van der Waals surface area contributed by atoms with E-state index in [0.29, 0.717) is 31.1 Å². The van der Waals surface area contributed by atoms with Gasteiger partial charge in [0.25, 0.3) is 5.89 Å². The smallest absolute Gasteiger partial charge is 0.250 e. The summed E-state index contributed by atoms with van der Waals surface area (Å²) >= 11 is 0. The van der Waals surface area contributed by atoms with Gasteiger partial charge in [-0.3, -0.25) is 0 Å². The highest BCUT2D eigenvalue weighted by molar-refractivity contribution is 5.21. The van der Waals surface area contributed by atoms with E-state index in [0.717, 1.165) is 6.07 Å². The van der Waals surface area contributed by atoms with Crippen LogP contribution in [0.4, 0.5) is 8.78 Å². The Bertz CT molecular complexity index is 639. The van der Waals surface area contributed by atoms with Gasteiger partial charge in [0.05, 0.1) is 19.6 Å². The molecule has 0 radical (unpaired) electrons. The minimum Gasteiger partial charge on any atom is -0.422 e. The van der Waals surface area contributed by atoms with Crippen molar-refractivity contribution in [3.63, 3.8) is 0 Å². The Balaban J connectivity index is 1.82. The molecule has 1 aliphatic heterocycles. The number of rotatable bonds is 4. The van der Waals surface area contributed by atoms with Gasteiger partial charge in [-0.1, -0.05) is 6.07 Å². The molecule has 1 fully saturated rings. The van der Waals surface area contributed by atoms with Crippen LogP contribution in [0.2, 0.25) is 0 Å². The first-order chi connectivity index (χ1) is 10.1. The zero-order valence-electron chi connectivity index (χ0n) is 11.4. The lowest BCUT2D eigenvalue weighted by Gasteiger charge is -2.20. The summed E-state index contributed by atoms with van der Waals surface area (Å²) in [6, 6.07) is 3.38. The van der Waals surface area contributed by atoms with E-state index in [1.807, 2.05) is 0 Å². The molecule has 1 atom stereocenters. The molecule has 0 saturated carbocycles. The molecule has 21 heavy (non-hydrogen) atoms. The maximum absolute atomic E-state index is 13.6. The van der Waals surface area contributed by atoms with E-state index in [2.05, 4.69) is 10.2 Å². The van der Waals surface area contributed by atoms with E-state index in [1.54, 1.807) is 7.11 Å². The molecule has 1 aromatic carbocycles. The first kappa shape index (κ1) is 14.1. The topological polar surface area (TPSA) is 57.4 Å². The molecular formula is C14H14F2N2O3. The minimum atomic E-state index is -0.730. The van der Waals surface area contributed by atoms with Crippen molar-refractivity contribution in [3.05, 3.63) is 47.2 Å². The van der Waals surface area contributed by atoms with Crippen LogP contribution in [0.15, 0.2) is 22.6 Å². The Morgan fingerprint density at radius 3 is 2.86 bits per heavy atom. The third kappa shape index (κ3) is 2.66. The number of hydrogen-bond donors (Lipinski definition) is 0. The summed E-state index contributed by atoms with van der Waals surface area (Å²) in [6.45, 7) is 0.897. The predicted octanol–water partition coefficient (Wildman–Crippen LogP) is 2.20. The summed E-state index contributed by atoms with van der Waals surface area (Å²) in [6.07, 6.45) is 0.718. The molecule has 112 valence electrons. The normalized spacial score (nSPS) is 21.9. The van der Waals surface area contributed by atoms with Crippen LogP contribution in [0.1, 0.15) is 23.8 Å². The zero-order valence-corrected chi connectivity index (χ0v) is 11.4. The summed E-state index contributed by atoms with van der Waals surface area (Å²) < 4.78 is 42.8. The molecule has 7 heteroatoms. The van der Waals surface area contributed by atoms with E-state index in [-0.39, 0.29) is 12.3 Å². The second-order valence-corrected chi connectivity index (χ2v) is 4.91. The van der Waals surface area contributed by atoms with Gasteiger partial charge in [-0.15, -0.1) is 10.2 Å². The van der Waals surface area contributed by atoms with Crippen molar-refractivity contribution in [2.45, 2.75) is 18.4 Å². The fraction of sp³-hybridized carbons (Fsp3) is 0.429. The molecular weight excluding hydrogens is 282 g/mol. The number of ether oxygens (including phenoxy) is 2. The summed E-state index contributed by atoms with van der Waals surface area (Å²) in [5.74, 6) is -0.692. The predicted molar refractivity (Wildman–Crippen MR) is 67.6 cm³/mol. The molecule has 3 rings (SSSR count). The van der Waals surface area contributed by atoms with Crippen LogP contribution in [-0.2, 0) is 21.5 Å². The Morgan fingerprint density at radius 1 is 1.33 bits per heavy atom. The molecule has 2 heterocycles. The van der Waals surface area contributed by atoms with E-state index in [4.69, 9.17) is 13.9 Å². The lowest BCUT2D eigenvalue weighted by atomic mass is 10.0. The van der Waals surface area contributed by atoms with Gasteiger partial charge in [-0.2, -0.15) is 0 Å². The van der Waals surface area contributed by atoms with Crippen LogP contribution >= 0.6 is 0 Å². The van der Waals surface area contributed by atoms with Gasteiger partial charge in [0.15, 0.2) is 5.60 Å². The van der Waals surface area contributed by atoms with Crippen molar-refractivity contribution < 1.29 is 22.7 Å². The standard InChI is InChI=1S/C14H14F2N2O3/c1-19-14(4-5-20-8-14)13-18-17-12(21-13)6-9-2-3-10(15)7-11(9)16/h2-3,7H,4-6,8H2,1H3. The second kappa shape index (κ2) is 5.50. The van der Waals surface area contributed by atoms with E-state index in [9.17, 15) is 8.78 Å². The maximum atomic E-state index is 13.6. The number of benzene rings is 1. The van der Waals surface area contributed by atoms with Crippen molar-refractivity contribution in [2.75, 3.05) is 20.3 Å². The van der Waals surface area contributed by atoms with E-state index in [1.165, 1.54) is 12.1 Å².